The lowest BCUT2D eigenvalue weighted by molar-refractivity contribution is -0.115. The normalized spacial score (nSPS) is 13.4. The summed E-state index contributed by atoms with van der Waals surface area (Å²) in [5.74, 6) is 1.86. The van der Waals surface area contributed by atoms with Crippen molar-refractivity contribution in [2.45, 2.75) is 32.2 Å². The lowest BCUT2D eigenvalue weighted by Crippen LogP contribution is -2.30. The van der Waals surface area contributed by atoms with Crippen molar-refractivity contribution in [3.63, 3.8) is 0 Å². The molecule has 0 bridgehead atoms. The molecule has 1 aromatic heterocycles. The Balaban J connectivity index is 0.00000243. The number of hydrogen-bond acceptors (Lipinski definition) is 5. The summed E-state index contributed by atoms with van der Waals surface area (Å²) in [5.41, 5.74) is 1.74. The number of hydrogen-bond donors (Lipinski definition) is 2. The average Bonchev–Trinajstić information content (AvgIpc) is 2.87. The Labute approximate surface area is 159 Å². The molecule has 0 saturated heterocycles. The van der Waals surface area contributed by atoms with E-state index < -0.39 is 0 Å². The molecular formula is C18H26ClN5O2. The first-order valence-corrected chi connectivity index (χ1v) is 8.80. The summed E-state index contributed by atoms with van der Waals surface area (Å²) < 4.78 is 7.15. The van der Waals surface area contributed by atoms with E-state index >= 15 is 0 Å². The first-order valence-electron chi connectivity index (χ1n) is 8.80. The van der Waals surface area contributed by atoms with Gasteiger partial charge in [-0.2, -0.15) is 0 Å². The van der Waals surface area contributed by atoms with Gasteiger partial charge in [0.2, 0.25) is 5.91 Å². The largest absolute Gasteiger partial charge is 0.383 e. The second kappa shape index (κ2) is 10.3. The molecule has 0 unspecified atom stereocenters. The molecule has 3 rings (SSSR count). The number of nitrogens with one attached hydrogen (secondary N) is 2. The fraction of sp³-hybridized carbons (Fsp3) is 0.500. The quantitative estimate of drug-likeness (QED) is 0.721. The summed E-state index contributed by atoms with van der Waals surface area (Å²) in [4.78, 5) is 12.0. The minimum Gasteiger partial charge on any atom is -0.383 e. The highest BCUT2D eigenvalue weighted by Crippen LogP contribution is 2.24. The number of carbonyl (C=O) groups excluding carboxylic acids is 1. The Morgan fingerprint density at radius 3 is 3.00 bits per heavy atom. The van der Waals surface area contributed by atoms with E-state index in [4.69, 9.17) is 4.74 Å². The number of fused-ring (bicyclic) bond motifs is 1. The molecular weight excluding hydrogens is 354 g/mol. The van der Waals surface area contributed by atoms with Crippen molar-refractivity contribution in [3.8, 4) is 11.4 Å². The van der Waals surface area contributed by atoms with Gasteiger partial charge in [0.05, 0.1) is 13.2 Å². The zero-order valence-electron chi connectivity index (χ0n) is 15.0. The van der Waals surface area contributed by atoms with Crippen LogP contribution in [0.4, 0.5) is 5.69 Å². The van der Waals surface area contributed by atoms with Crippen molar-refractivity contribution < 1.29 is 9.53 Å². The van der Waals surface area contributed by atoms with Crippen LogP contribution in [0, 0.1) is 0 Å². The minimum absolute atomic E-state index is 0. The molecule has 2 heterocycles. The number of aryl methyl sites for hydroxylation is 1. The van der Waals surface area contributed by atoms with Gasteiger partial charge in [0.25, 0.3) is 0 Å². The molecule has 0 spiro atoms. The molecule has 2 N–H and O–H groups in total. The number of rotatable bonds is 7. The van der Waals surface area contributed by atoms with Crippen LogP contribution in [0.3, 0.4) is 0 Å². The fourth-order valence-corrected chi connectivity index (χ4v) is 3.02. The van der Waals surface area contributed by atoms with Gasteiger partial charge in [-0.05, 0) is 25.0 Å². The van der Waals surface area contributed by atoms with Crippen molar-refractivity contribution in [2.75, 3.05) is 32.1 Å². The Kier molecular flexibility index (Phi) is 8.03. The summed E-state index contributed by atoms with van der Waals surface area (Å²) in [7, 11) is 1.64. The van der Waals surface area contributed by atoms with Gasteiger partial charge in [0.15, 0.2) is 5.82 Å². The fourth-order valence-electron chi connectivity index (χ4n) is 3.02. The first-order chi connectivity index (χ1) is 12.3. The SMILES string of the molecule is COCCNCC(=O)Nc1cccc(-c2nnc3n2CCCCC3)c1.Cl. The maximum Gasteiger partial charge on any atom is 0.238 e. The second-order valence-corrected chi connectivity index (χ2v) is 6.20. The van der Waals surface area contributed by atoms with Crippen molar-refractivity contribution >= 4 is 24.0 Å². The molecule has 26 heavy (non-hydrogen) atoms. The molecule has 142 valence electrons. The molecule has 7 nitrogen and oxygen atoms in total. The van der Waals surface area contributed by atoms with Crippen LogP contribution in [0.15, 0.2) is 24.3 Å². The maximum atomic E-state index is 12.0. The number of nitrogens with zero attached hydrogens (tertiary/aromatic N) is 3. The molecule has 1 aromatic carbocycles. The third-order valence-electron chi connectivity index (χ3n) is 4.28. The smallest absolute Gasteiger partial charge is 0.238 e. The van der Waals surface area contributed by atoms with Gasteiger partial charge < -0.3 is 19.9 Å². The van der Waals surface area contributed by atoms with E-state index in [-0.39, 0.29) is 24.9 Å². The average molecular weight is 380 g/mol. The summed E-state index contributed by atoms with van der Waals surface area (Å²) in [6.07, 6.45) is 4.54. The predicted molar refractivity (Wildman–Crippen MR) is 104 cm³/mol. The van der Waals surface area contributed by atoms with Crippen LogP contribution in [0.2, 0.25) is 0 Å². The van der Waals surface area contributed by atoms with Crippen molar-refractivity contribution in [3.05, 3.63) is 30.1 Å². The third-order valence-corrected chi connectivity index (χ3v) is 4.28. The molecule has 0 saturated carbocycles. The molecule has 2 aromatic rings. The van der Waals surface area contributed by atoms with Crippen molar-refractivity contribution in [2.24, 2.45) is 0 Å². The van der Waals surface area contributed by atoms with Crippen LogP contribution >= 0.6 is 12.4 Å². The molecule has 8 heteroatoms. The van der Waals surface area contributed by atoms with Crippen LogP contribution in [-0.2, 0) is 22.5 Å². The van der Waals surface area contributed by atoms with E-state index in [9.17, 15) is 4.79 Å². The molecule has 1 aliphatic rings. The lowest BCUT2D eigenvalue weighted by atomic mass is 10.2. The van der Waals surface area contributed by atoms with E-state index in [2.05, 4.69) is 25.4 Å². The number of halogens is 1. The van der Waals surface area contributed by atoms with Gasteiger partial charge in [-0.3, -0.25) is 4.79 Å². The first kappa shape index (κ1) is 20.4. The van der Waals surface area contributed by atoms with E-state index in [1.54, 1.807) is 7.11 Å². The van der Waals surface area contributed by atoms with E-state index in [0.29, 0.717) is 13.2 Å². The highest BCUT2D eigenvalue weighted by atomic mass is 35.5. The van der Waals surface area contributed by atoms with Gasteiger partial charge in [-0.1, -0.05) is 18.6 Å². The Morgan fingerprint density at radius 1 is 1.27 bits per heavy atom. The number of aromatic nitrogens is 3. The van der Waals surface area contributed by atoms with Crippen LogP contribution in [0.25, 0.3) is 11.4 Å². The topological polar surface area (TPSA) is 81.1 Å². The summed E-state index contributed by atoms with van der Waals surface area (Å²) in [5, 5.41) is 14.7. The van der Waals surface area contributed by atoms with Crippen molar-refractivity contribution in [1.82, 2.24) is 20.1 Å². The van der Waals surface area contributed by atoms with E-state index in [1.165, 1.54) is 12.8 Å². The van der Waals surface area contributed by atoms with Gasteiger partial charge in [-0.15, -0.1) is 22.6 Å². The minimum atomic E-state index is -0.0756. The standard InChI is InChI=1S/C18H25N5O2.ClH/c1-25-11-9-19-13-17(24)20-15-7-5-6-14(12-15)18-22-21-16-8-3-2-4-10-23(16)18;/h5-7,12,19H,2-4,8-11,13H2,1H3,(H,20,24);1H. The zero-order chi connectivity index (χ0) is 17.5. The monoisotopic (exact) mass is 379 g/mol. The van der Waals surface area contributed by atoms with Crippen molar-refractivity contribution in [1.29, 1.82) is 0 Å². The maximum absolute atomic E-state index is 12.0. The summed E-state index contributed by atoms with van der Waals surface area (Å²) >= 11 is 0. The number of methoxy groups -OCH3 is 1. The molecule has 1 amide bonds. The van der Waals surface area contributed by atoms with Gasteiger partial charge in [0.1, 0.15) is 5.82 Å². The Hall–Kier alpha value is -1.96. The highest BCUT2D eigenvalue weighted by Gasteiger charge is 2.16. The summed E-state index contributed by atoms with van der Waals surface area (Å²) in [6.45, 7) is 2.45. The van der Waals surface area contributed by atoms with E-state index in [0.717, 1.165) is 42.3 Å². The number of carbonyl (C=O) groups is 1. The summed E-state index contributed by atoms with van der Waals surface area (Å²) in [6, 6.07) is 7.78. The van der Waals surface area contributed by atoms with Gasteiger partial charge >= 0.3 is 0 Å². The Morgan fingerprint density at radius 2 is 2.15 bits per heavy atom. The molecule has 0 fully saturated rings. The predicted octanol–water partition coefficient (Wildman–Crippen LogP) is 2.27. The second-order valence-electron chi connectivity index (χ2n) is 6.20. The molecule has 0 radical (unpaired) electrons. The number of benzene rings is 1. The van der Waals surface area contributed by atoms with Gasteiger partial charge in [0, 0.05) is 37.9 Å². The number of ether oxygens (including phenoxy) is 1. The van der Waals surface area contributed by atoms with Gasteiger partial charge in [-0.25, -0.2) is 0 Å². The third kappa shape index (κ3) is 5.27. The zero-order valence-corrected chi connectivity index (χ0v) is 15.8. The van der Waals surface area contributed by atoms with E-state index in [1.807, 2.05) is 24.3 Å². The van der Waals surface area contributed by atoms with Crippen LogP contribution in [-0.4, -0.2) is 47.5 Å². The van der Waals surface area contributed by atoms with Crippen LogP contribution in [0.1, 0.15) is 25.1 Å². The Bertz CT molecular complexity index is 719. The number of anilines is 1. The van der Waals surface area contributed by atoms with Crippen LogP contribution < -0.4 is 10.6 Å². The lowest BCUT2D eigenvalue weighted by Gasteiger charge is -2.10. The highest BCUT2D eigenvalue weighted by molar-refractivity contribution is 5.92. The number of amides is 1. The molecule has 0 atom stereocenters. The van der Waals surface area contributed by atoms with Crippen LogP contribution in [0.5, 0.6) is 0 Å². The molecule has 0 aliphatic carbocycles. The molecule has 1 aliphatic heterocycles.